The van der Waals surface area contributed by atoms with Crippen LogP contribution in [0.5, 0.6) is 0 Å². The smallest absolute Gasteiger partial charge is 0.264 e. The Labute approximate surface area is 201 Å². The summed E-state index contributed by atoms with van der Waals surface area (Å²) in [7, 11) is -4.06. The first-order valence-corrected chi connectivity index (χ1v) is 11.9. The molecule has 166 valence electrons. The number of benzene rings is 3. The zero-order chi connectivity index (χ0) is 23.3. The van der Waals surface area contributed by atoms with Crippen LogP contribution >= 0.6 is 34.8 Å². The van der Waals surface area contributed by atoms with Crippen LogP contribution in [0.1, 0.15) is 11.1 Å². The Morgan fingerprint density at radius 2 is 1.66 bits per heavy atom. The van der Waals surface area contributed by atoms with Crippen LogP contribution < -0.4 is 9.73 Å². The highest BCUT2D eigenvalue weighted by Crippen LogP contribution is 2.29. The van der Waals surface area contributed by atoms with E-state index in [1.165, 1.54) is 24.4 Å². The van der Waals surface area contributed by atoms with Crippen LogP contribution in [0.15, 0.2) is 76.7 Å². The van der Waals surface area contributed by atoms with Crippen molar-refractivity contribution in [2.45, 2.75) is 11.8 Å². The van der Waals surface area contributed by atoms with Gasteiger partial charge in [0.25, 0.3) is 15.9 Å². The molecule has 0 saturated carbocycles. The SMILES string of the molecule is Cc1ccc(Cl)cc1N(CC(=O)N/N=C\c1c(Cl)cccc1Cl)S(=O)(=O)c1ccccc1. The Morgan fingerprint density at radius 1 is 1.00 bits per heavy atom. The van der Waals surface area contributed by atoms with Crippen molar-refractivity contribution in [2.75, 3.05) is 10.8 Å². The molecule has 1 N–H and O–H groups in total. The second-order valence-corrected chi connectivity index (χ2v) is 9.80. The van der Waals surface area contributed by atoms with Crippen molar-refractivity contribution in [2.24, 2.45) is 5.10 Å². The monoisotopic (exact) mass is 509 g/mol. The Kier molecular flexibility index (Phi) is 7.79. The van der Waals surface area contributed by atoms with E-state index in [2.05, 4.69) is 10.5 Å². The summed E-state index contributed by atoms with van der Waals surface area (Å²) in [5.74, 6) is -0.664. The van der Waals surface area contributed by atoms with E-state index in [1.54, 1.807) is 55.5 Å². The molecule has 0 aliphatic rings. The molecule has 0 saturated heterocycles. The van der Waals surface area contributed by atoms with Crippen LogP contribution in [0.2, 0.25) is 15.1 Å². The molecule has 0 atom stereocenters. The lowest BCUT2D eigenvalue weighted by Gasteiger charge is -2.25. The first-order chi connectivity index (χ1) is 15.2. The van der Waals surface area contributed by atoms with Gasteiger partial charge in [0.2, 0.25) is 0 Å². The Bertz CT molecular complexity index is 1250. The normalized spacial score (nSPS) is 11.5. The summed E-state index contributed by atoms with van der Waals surface area (Å²) in [6, 6.07) is 17.6. The summed E-state index contributed by atoms with van der Waals surface area (Å²) in [5, 5.41) is 4.92. The second-order valence-electron chi connectivity index (χ2n) is 6.68. The predicted molar refractivity (Wildman–Crippen MR) is 129 cm³/mol. The fourth-order valence-electron chi connectivity index (χ4n) is 2.84. The molecule has 1 amide bonds. The lowest BCUT2D eigenvalue weighted by molar-refractivity contribution is -0.119. The number of aryl methyl sites for hydroxylation is 1. The van der Waals surface area contributed by atoms with E-state index in [0.717, 1.165) is 4.31 Å². The van der Waals surface area contributed by atoms with E-state index in [1.807, 2.05) is 0 Å². The number of hydrogen-bond donors (Lipinski definition) is 1. The van der Waals surface area contributed by atoms with Gasteiger partial charge in [-0.15, -0.1) is 0 Å². The Morgan fingerprint density at radius 3 is 2.31 bits per heavy atom. The Hall–Kier alpha value is -2.58. The molecule has 0 radical (unpaired) electrons. The fraction of sp³-hybridized carbons (Fsp3) is 0.0909. The second kappa shape index (κ2) is 10.4. The number of nitrogens with zero attached hydrogens (tertiary/aromatic N) is 2. The van der Waals surface area contributed by atoms with Crippen LogP contribution in [0.25, 0.3) is 0 Å². The molecule has 0 aliphatic carbocycles. The molecule has 32 heavy (non-hydrogen) atoms. The molecule has 0 aliphatic heterocycles. The average molecular weight is 511 g/mol. The molecule has 10 heteroatoms. The molecule has 0 unspecified atom stereocenters. The number of sulfonamides is 1. The van der Waals surface area contributed by atoms with Gasteiger partial charge in [0, 0.05) is 10.6 Å². The van der Waals surface area contributed by atoms with Gasteiger partial charge in [0.15, 0.2) is 0 Å². The van der Waals surface area contributed by atoms with E-state index in [-0.39, 0.29) is 10.6 Å². The summed E-state index contributed by atoms with van der Waals surface area (Å²) in [5.41, 5.74) is 3.66. The maximum absolute atomic E-state index is 13.3. The number of hydrazone groups is 1. The third kappa shape index (κ3) is 5.61. The molecule has 0 aromatic heterocycles. The topological polar surface area (TPSA) is 78.8 Å². The summed E-state index contributed by atoms with van der Waals surface area (Å²) in [6.45, 7) is 1.21. The van der Waals surface area contributed by atoms with Crippen LogP contribution in [0.3, 0.4) is 0 Å². The van der Waals surface area contributed by atoms with E-state index in [0.29, 0.717) is 26.2 Å². The third-order valence-corrected chi connectivity index (χ3v) is 7.11. The number of rotatable bonds is 7. The van der Waals surface area contributed by atoms with Crippen LogP contribution in [-0.2, 0) is 14.8 Å². The number of hydrogen-bond acceptors (Lipinski definition) is 4. The van der Waals surface area contributed by atoms with Gasteiger partial charge >= 0.3 is 0 Å². The van der Waals surface area contributed by atoms with Crippen LogP contribution in [0.4, 0.5) is 5.69 Å². The largest absolute Gasteiger partial charge is 0.271 e. The standard InChI is InChI=1S/C22H18Cl3N3O3S/c1-15-10-11-16(23)12-21(15)28(32(30,31)17-6-3-2-4-7-17)14-22(29)27-26-13-18-19(24)8-5-9-20(18)25/h2-13H,14H2,1H3,(H,27,29)/b26-13-. The maximum Gasteiger partial charge on any atom is 0.264 e. The summed E-state index contributed by atoms with van der Waals surface area (Å²) in [4.78, 5) is 12.7. The number of halogens is 3. The van der Waals surface area contributed by atoms with Gasteiger partial charge in [-0.05, 0) is 48.9 Å². The van der Waals surface area contributed by atoms with Crippen molar-refractivity contribution in [3.05, 3.63) is 92.9 Å². The van der Waals surface area contributed by atoms with Gasteiger partial charge in [-0.25, -0.2) is 13.8 Å². The van der Waals surface area contributed by atoms with Crippen molar-refractivity contribution < 1.29 is 13.2 Å². The fourth-order valence-corrected chi connectivity index (χ4v) is 5.00. The van der Waals surface area contributed by atoms with Gasteiger partial charge in [-0.3, -0.25) is 9.10 Å². The molecule has 6 nitrogen and oxygen atoms in total. The first-order valence-electron chi connectivity index (χ1n) is 9.30. The number of nitrogens with one attached hydrogen (secondary N) is 1. The predicted octanol–water partition coefficient (Wildman–Crippen LogP) is 5.30. The highest BCUT2D eigenvalue weighted by molar-refractivity contribution is 7.92. The zero-order valence-electron chi connectivity index (χ0n) is 16.8. The lowest BCUT2D eigenvalue weighted by atomic mass is 10.2. The molecule has 0 fully saturated rings. The van der Waals surface area contributed by atoms with Crippen molar-refractivity contribution in [3.8, 4) is 0 Å². The van der Waals surface area contributed by atoms with Crippen LogP contribution in [-0.4, -0.2) is 27.1 Å². The number of carbonyl (C=O) groups is 1. The minimum Gasteiger partial charge on any atom is -0.271 e. The van der Waals surface area contributed by atoms with Crippen LogP contribution in [0, 0.1) is 6.92 Å². The molecule has 3 rings (SSSR count). The summed E-state index contributed by atoms with van der Waals surface area (Å²) >= 11 is 18.3. The zero-order valence-corrected chi connectivity index (χ0v) is 19.9. The number of anilines is 1. The molecule has 3 aromatic carbocycles. The third-order valence-electron chi connectivity index (χ3n) is 4.44. The van der Waals surface area contributed by atoms with Crippen molar-refractivity contribution in [3.63, 3.8) is 0 Å². The van der Waals surface area contributed by atoms with Gasteiger partial charge in [-0.1, -0.05) is 65.1 Å². The quantitative estimate of drug-likeness (QED) is 0.346. The molecule has 3 aromatic rings. The van der Waals surface area contributed by atoms with Crippen molar-refractivity contribution in [1.29, 1.82) is 0 Å². The lowest BCUT2D eigenvalue weighted by Crippen LogP contribution is -2.40. The summed E-state index contributed by atoms with van der Waals surface area (Å²) in [6.07, 6.45) is 1.29. The molecular weight excluding hydrogens is 493 g/mol. The first kappa shape index (κ1) is 24.1. The van der Waals surface area contributed by atoms with Crippen molar-refractivity contribution in [1.82, 2.24) is 5.43 Å². The molecular formula is C22H18Cl3N3O3S. The average Bonchev–Trinajstić information content (AvgIpc) is 2.76. The highest BCUT2D eigenvalue weighted by Gasteiger charge is 2.28. The van der Waals surface area contributed by atoms with Gasteiger partial charge in [-0.2, -0.15) is 5.10 Å². The highest BCUT2D eigenvalue weighted by atomic mass is 35.5. The molecule has 0 spiro atoms. The molecule has 0 heterocycles. The molecule has 0 bridgehead atoms. The van der Waals surface area contributed by atoms with Gasteiger partial charge in [0.1, 0.15) is 6.54 Å². The summed E-state index contributed by atoms with van der Waals surface area (Å²) < 4.78 is 27.7. The number of amides is 1. The Balaban J connectivity index is 1.90. The maximum atomic E-state index is 13.3. The number of carbonyl (C=O) groups excluding carboxylic acids is 1. The van der Waals surface area contributed by atoms with Crippen molar-refractivity contribution >= 4 is 62.6 Å². The van der Waals surface area contributed by atoms with E-state index < -0.39 is 22.5 Å². The van der Waals surface area contributed by atoms with E-state index in [4.69, 9.17) is 34.8 Å². The van der Waals surface area contributed by atoms with Gasteiger partial charge in [0.05, 0.1) is 26.8 Å². The minimum atomic E-state index is -4.06. The van der Waals surface area contributed by atoms with E-state index in [9.17, 15) is 13.2 Å². The minimum absolute atomic E-state index is 0.0403. The van der Waals surface area contributed by atoms with E-state index >= 15 is 0 Å². The van der Waals surface area contributed by atoms with Gasteiger partial charge < -0.3 is 0 Å².